The lowest BCUT2D eigenvalue weighted by molar-refractivity contribution is -0.125. The Balaban J connectivity index is 2.13. The highest BCUT2D eigenvalue weighted by atomic mass is 35.5. The molecule has 0 bridgehead atoms. The average molecular weight is 281 g/mol. The van der Waals surface area contributed by atoms with Crippen LogP contribution in [0.3, 0.4) is 0 Å². The summed E-state index contributed by atoms with van der Waals surface area (Å²) in [5, 5.41) is 3.85. The van der Waals surface area contributed by atoms with Gasteiger partial charge in [0.25, 0.3) is 0 Å². The van der Waals surface area contributed by atoms with Gasteiger partial charge in [-0.05, 0) is 36.0 Å². The Morgan fingerprint density at radius 2 is 2.05 bits per heavy atom. The predicted octanol–water partition coefficient (Wildman–Crippen LogP) is 2.75. The molecule has 19 heavy (non-hydrogen) atoms. The minimum absolute atomic E-state index is 0.0292. The summed E-state index contributed by atoms with van der Waals surface area (Å²) in [7, 11) is 0. The lowest BCUT2D eigenvalue weighted by atomic mass is 10.00. The second kappa shape index (κ2) is 5.93. The number of hydrogen-bond acceptors (Lipinski definition) is 2. The van der Waals surface area contributed by atoms with Gasteiger partial charge in [0.2, 0.25) is 5.91 Å². The summed E-state index contributed by atoms with van der Waals surface area (Å²) in [5.41, 5.74) is 6.67. The lowest BCUT2D eigenvalue weighted by Crippen LogP contribution is -2.37. The van der Waals surface area contributed by atoms with Crippen LogP contribution in [-0.4, -0.2) is 12.5 Å². The Kier molecular flexibility index (Phi) is 4.48. The van der Waals surface area contributed by atoms with Crippen molar-refractivity contribution in [1.82, 2.24) is 5.32 Å². The van der Waals surface area contributed by atoms with E-state index in [1.807, 2.05) is 31.2 Å². The number of nitrogens with one attached hydrogen (secondary N) is 1. The zero-order valence-electron chi connectivity index (χ0n) is 11.4. The molecular formula is C15H21ClN2O. The van der Waals surface area contributed by atoms with Gasteiger partial charge in [0.1, 0.15) is 0 Å². The standard InChI is InChI=1S/C15H21ClN2O/c1-9-7-13(9)14(18-15(19)10(2)8-17)11-3-5-12(16)6-4-11/h3-6,9-10,13-14H,7-8,17H2,1-2H3,(H,18,19). The Morgan fingerprint density at radius 1 is 1.47 bits per heavy atom. The summed E-state index contributed by atoms with van der Waals surface area (Å²) >= 11 is 5.91. The van der Waals surface area contributed by atoms with E-state index in [1.54, 1.807) is 0 Å². The molecule has 104 valence electrons. The maximum atomic E-state index is 12.0. The van der Waals surface area contributed by atoms with Gasteiger partial charge >= 0.3 is 0 Å². The molecule has 4 atom stereocenters. The Hall–Kier alpha value is -1.06. The molecule has 1 amide bonds. The van der Waals surface area contributed by atoms with Crippen LogP contribution in [0.25, 0.3) is 0 Å². The number of nitrogens with two attached hydrogens (primary N) is 1. The Bertz CT molecular complexity index is 446. The van der Waals surface area contributed by atoms with E-state index in [0.29, 0.717) is 23.4 Å². The number of rotatable bonds is 5. The molecule has 0 spiro atoms. The zero-order chi connectivity index (χ0) is 14.0. The second-order valence-corrected chi connectivity index (χ2v) is 5.99. The van der Waals surface area contributed by atoms with Crippen molar-refractivity contribution in [1.29, 1.82) is 0 Å². The molecule has 0 aromatic heterocycles. The SMILES string of the molecule is CC(CN)C(=O)NC(c1ccc(Cl)cc1)C1CC1C. The fourth-order valence-corrected chi connectivity index (χ4v) is 2.45. The van der Waals surface area contributed by atoms with Crippen LogP contribution in [0.5, 0.6) is 0 Å². The molecule has 1 aliphatic rings. The molecule has 1 saturated carbocycles. The van der Waals surface area contributed by atoms with Crippen molar-refractivity contribution < 1.29 is 4.79 Å². The Labute approximate surface area is 119 Å². The van der Waals surface area contributed by atoms with Crippen molar-refractivity contribution >= 4 is 17.5 Å². The Morgan fingerprint density at radius 3 is 2.53 bits per heavy atom. The molecule has 3 nitrogen and oxygen atoms in total. The largest absolute Gasteiger partial charge is 0.349 e. The van der Waals surface area contributed by atoms with E-state index in [-0.39, 0.29) is 17.9 Å². The van der Waals surface area contributed by atoms with Crippen molar-refractivity contribution in [3.05, 3.63) is 34.9 Å². The highest BCUT2D eigenvalue weighted by Crippen LogP contribution is 2.47. The summed E-state index contributed by atoms with van der Waals surface area (Å²) in [6, 6.07) is 7.80. The molecule has 1 aromatic carbocycles. The maximum absolute atomic E-state index is 12.0. The van der Waals surface area contributed by atoms with Gasteiger partial charge in [-0.3, -0.25) is 4.79 Å². The first-order valence-corrected chi connectivity index (χ1v) is 7.16. The van der Waals surface area contributed by atoms with Gasteiger partial charge in [-0.25, -0.2) is 0 Å². The van der Waals surface area contributed by atoms with Crippen molar-refractivity contribution in [2.24, 2.45) is 23.5 Å². The molecule has 1 aromatic rings. The topological polar surface area (TPSA) is 55.1 Å². The van der Waals surface area contributed by atoms with Gasteiger partial charge in [-0.1, -0.05) is 37.6 Å². The van der Waals surface area contributed by atoms with Gasteiger partial charge < -0.3 is 11.1 Å². The van der Waals surface area contributed by atoms with Crippen LogP contribution in [-0.2, 0) is 4.79 Å². The normalized spacial score (nSPS) is 24.6. The van der Waals surface area contributed by atoms with Crippen LogP contribution >= 0.6 is 11.6 Å². The first-order valence-electron chi connectivity index (χ1n) is 6.78. The van der Waals surface area contributed by atoms with Crippen LogP contribution in [0.15, 0.2) is 24.3 Å². The predicted molar refractivity (Wildman–Crippen MR) is 77.8 cm³/mol. The van der Waals surface area contributed by atoms with E-state index >= 15 is 0 Å². The molecular weight excluding hydrogens is 260 g/mol. The third-order valence-corrected chi connectivity index (χ3v) is 4.18. The van der Waals surface area contributed by atoms with Crippen molar-refractivity contribution in [2.75, 3.05) is 6.54 Å². The summed E-state index contributed by atoms with van der Waals surface area (Å²) in [6.45, 7) is 4.44. The third kappa shape index (κ3) is 3.48. The van der Waals surface area contributed by atoms with Gasteiger partial charge in [0.05, 0.1) is 6.04 Å². The molecule has 0 saturated heterocycles. The number of amides is 1. The van der Waals surface area contributed by atoms with Crippen LogP contribution in [0.1, 0.15) is 31.9 Å². The fourth-order valence-electron chi connectivity index (χ4n) is 2.33. The maximum Gasteiger partial charge on any atom is 0.224 e. The van der Waals surface area contributed by atoms with Crippen molar-refractivity contribution in [3.8, 4) is 0 Å². The van der Waals surface area contributed by atoms with Gasteiger partial charge in [0, 0.05) is 17.5 Å². The van der Waals surface area contributed by atoms with E-state index in [9.17, 15) is 4.79 Å². The third-order valence-electron chi connectivity index (χ3n) is 3.93. The summed E-state index contributed by atoms with van der Waals surface area (Å²) in [4.78, 5) is 12.0. The van der Waals surface area contributed by atoms with E-state index in [1.165, 1.54) is 0 Å². The molecule has 0 heterocycles. The number of carbonyl (C=O) groups excluding carboxylic acids is 1. The van der Waals surface area contributed by atoms with Crippen LogP contribution in [0.2, 0.25) is 5.02 Å². The quantitative estimate of drug-likeness (QED) is 0.871. The first kappa shape index (κ1) is 14.4. The lowest BCUT2D eigenvalue weighted by Gasteiger charge is -2.21. The molecule has 4 heteroatoms. The highest BCUT2D eigenvalue weighted by Gasteiger charge is 2.41. The van der Waals surface area contributed by atoms with E-state index in [0.717, 1.165) is 12.0 Å². The minimum Gasteiger partial charge on any atom is -0.349 e. The zero-order valence-corrected chi connectivity index (χ0v) is 12.2. The second-order valence-electron chi connectivity index (χ2n) is 5.55. The monoisotopic (exact) mass is 280 g/mol. The smallest absolute Gasteiger partial charge is 0.224 e. The number of hydrogen-bond donors (Lipinski definition) is 2. The number of halogens is 1. The molecule has 0 radical (unpaired) electrons. The van der Waals surface area contributed by atoms with Crippen molar-refractivity contribution in [3.63, 3.8) is 0 Å². The number of benzene rings is 1. The van der Waals surface area contributed by atoms with Crippen LogP contribution < -0.4 is 11.1 Å². The summed E-state index contributed by atoms with van der Waals surface area (Å²) in [6.07, 6.45) is 1.16. The molecule has 0 aliphatic heterocycles. The minimum atomic E-state index is -0.149. The van der Waals surface area contributed by atoms with Gasteiger partial charge in [-0.2, -0.15) is 0 Å². The molecule has 3 N–H and O–H groups in total. The van der Waals surface area contributed by atoms with Crippen molar-refractivity contribution in [2.45, 2.75) is 26.3 Å². The molecule has 4 unspecified atom stereocenters. The fraction of sp³-hybridized carbons (Fsp3) is 0.533. The van der Waals surface area contributed by atoms with E-state index < -0.39 is 0 Å². The number of carbonyl (C=O) groups is 1. The van der Waals surface area contributed by atoms with Crippen LogP contribution in [0.4, 0.5) is 0 Å². The van der Waals surface area contributed by atoms with Gasteiger partial charge in [0.15, 0.2) is 0 Å². The molecule has 1 aliphatic carbocycles. The summed E-state index contributed by atoms with van der Waals surface area (Å²) in [5.74, 6) is 1.06. The molecule has 1 fully saturated rings. The average Bonchev–Trinajstić information content (AvgIpc) is 3.12. The van der Waals surface area contributed by atoms with E-state index in [4.69, 9.17) is 17.3 Å². The van der Waals surface area contributed by atoms with Gasteiger partial charge in [-0.15, -0.1) is 0 Å². The van der Waals surface area contributed by atoms with Crippen LogP contribution in [0, 0.1) is 17.8 Å². The molecule has 2 rings (SSSR count). The van der Waals surface area contributed by atoms with E-state index in [2.05, 4.69) is 12.2 Å². The highest BCUT2D eigenvalue weighted by molar-refractivity contribution is 6.30. The summed E-state index contributed by atoms with van der Waals surface area (Å²) < 4.78 is 0. The first-order chi connectivity index (χ1) is 9.02.